The molecule has 30 heavy (non-hydrogen) atoms. The first-order chi connectivity index (χ1) is 14.4. The number of phenolic OH excluding ortho intramolecular Hbond substituents is 1. The number of thioether (sulfide) groups is 1. The average Bonchev–Trinajstić information content (AvgIpc) is 3.05. The Labute approximate surface area is 178 Å². The Morgan fingerprint density at radius 3 is 2.90 bits per heavy atom. The Hall–Kier alpha value is -3.33. The number of aromatic hydroxyl groups is 1. The zero-order chi connectivity index (χ0) is 21.7. The molecule has 1 aliphatic rings. The predicted octanol–water partition coefficient (Wildman–Crippen LogP) is 2.97. The van der Waals surface area contributed by atoms with Crippen LogP contribution in [0, 0.1) is 13.8 Å². The molecule has 2 amide bonds. The van der Waals surface area contributed by atoms with Gasteiger partial charge in [0.1, 0.15) is 5.25 Å². The number of methoxy groups -OCH3 is 1. The number of carbonyl (C=O) groups excluding carboxylic acids is 2. The summed E-state index contributed by atoms with van der Waals surface area (Å²) in [6, 6.07) is 10.4. The van der Waals surface area contributed by atoms with E-state index >= 15 is 0 Å². The van der Waals surface area contributed by atoms with Crippen molar-refractivity contribution in [1.82, 2.24) is 5.32 Å². The molecule has 0 saturated carbocycles. The first-order valence-corrected chi connectivity index (χ1v) is 10.1. The van der Waals surface area contributed by atoms with Gasteiger partial charge in [0.25, 0.3) is 0 Å². The Bertz CT molecular complexity index is 1040. The Balaban J connectivity index is 1.59. The van der Waals surface area contributed by atoms with Gasteiger partial charge in [-0.3, -0.25) is 9.59 Å². The van der Waals surface area contributed by atoms with Gasteiger partial charge in [0, 0.05) is 12.1 Å². The second-order valence-electron chi connectivity index (χ2n) is 6.68. The van der Waals surface area contributed by atoms with Crippen LogP contribution >= 0.6 is 11.8 Å². The summed E-state index contributed by atoms with van der Waals surface area (Å²) >= 11 is 1.16. The molecular formula is C21H22N4O4S. The average molecular weight is 426 g/mol. The molecule has 2 aromatic rings. The molecule has 1 fully saturated rings. The van der Waals surface area contributed by atoms with Gasteiger partial charge in [-0.15, -0.1) is 5.10 Å². The van der Waals surface area contributed by atoms with Crippen molar-refractivity contribution in [3.05, 3.63) is 53.1 Å². The van der Waals surface area contributed by atoms with Crippen molar-refractivity contribution in [3.63, 3.8) is 0 Å². The van der Waals surface area contributed by atoms with E-state index in [0.717, 1.165) is 28.6 Å². The summed E-state index contributed by atoms with van der Waals surface area (Å²) in [6.07, 6.45) is 1.50. The largest absolute Gasteiger partial charge is 0.504 e. The van der Waals surface area contributed by atoms with Crippen molar-refractivity contribution in [2.45, 2.75) is 25.5 Å². The SMILES string of the molecule is COc1cc(/C=N/N=C2\NC(=O)[C@H](CC(=O)Nc3cccc(C)c3C)S2)ccc1O. The maximum Gasteiger partial charge on any atom is 0.240 e. The summed E-state index contributed by atoms with van der Waals surface area (Å²) in [4.78, 5) is 24.5. The van der Waals surface area contributed by atoms with Crippen molar-refractivity contribution in [3.8, 4) is 11.5 Å². The van der Waals surface area contributed by atoms with Crippen LogP contribution in [-0.4, -0.2) is 40.7 Å². The molecule has 3 rings (SSSR count). The summed E-state index contributed by atoms with van der Waals surface area (Å²) in [6.45, 7) is 3.91. The summed E-state index contributed by atoms with van der Waals surface area (Å²) < 4.78 is 5.04. The standard InChI is InChI=1S/C21H22N4O4S/c1-12-5-4-6-15(13(12)2)23-19(27)10-18-20(28)24-21(30-18)25-22-11-14-7-8-16(26)17(9-14)29-3/h4-9,11,18,26H,10H2,1-3H3,(H,23,27)(H,24,25,28)/b22-11+/t18-/m0/s1. The number of nitrogens with one attached hydrogen (secondary N) is 2. The van der Waals surface area contributed by atoms with Crippen molar-refractivity contribution >= 4 is 40.6 Å². The molecule has 8 nitrogen and oxygen atoms in total. The zero-order valence-corrected chi connectivity index (χ0v) is 17.6. The number of hydrogen-bond acceptors (Lipinski definition) is 7. The summed E-state index contributed by atoms with van der Waals surface area (Å²) in [7, 11) is 1.46. The molecule has 1 heterocycles. The number of amides is 2. The number of anilines is 1. The molecule has 3 N–H and O–H groups in total. The molecule has 9 heteroatoms. The van der Waals surface area contributed by atoms with Gasteiger partial charge in [-0.2, -0.15) is 5.10 Å². The number of benzene rings is 2. The van der Waals surface area contributed by atoms with E-state index < -0.39 is 5.25 Å². The monoisotopic (exact) mass is 426 g/mol. The minimum absolute atomic E-state index is 0.0292. The third-order valence-corrected chi connectivity index (χ3v) is 5.66. The van der Waals surface area contributed by atoms with Gasteiger partial charge in [0.15, 0.2) is 16.7 Å². The van der Waals surface area contributed by atoms with Gasteiger partial charge in [0.05, 0.1) is 13.3 Å². The minimum atomic E-state index is -0.571. The van der Waals surface area contributed by atoms with Crippen LogP contribution < -0.4 is 15.4 Å². The van der Waals surface area contributed by atoms with E-state index in [1.54, 1.807) is 12.1 Å². The third kappa shape index (κ3) is 5.18. The zero-order valence-electron chi connectivity index (χ0n) is 16.8. The molecular weight excluding hydrogens is 404 g/mol. The highest BCUT2D eigenvalue weighted by molar-refractivity contribution is 8.15. The topological polar surface area (TPSA) is 112 Å². The molecule has 1 atom stereocenters. The van der Waals surface area contributed by atoms with Crippen molar-refractivity contribution < 1.29 is 19.4 Å². The van der Waals surface area contributed by atoms with E-state index in [1.807, 2.05) is 32.0 Å². The number of ether oxygens (including phenoxy) is 1. The molecule has 1 saturated heterocycles. The predicted molar refractivity (Wildman–Crippen MR) is 118 cm³/mol. The summed E-state index contributed by atoms with van der Waals surface area (Å²) in [5.74, 6) is -0.166. The smallest absolute Gasteiger partial charge is 0.240 e. The Kier molecular flexibility index (Phi) is 6.73. The summed E-state index contributed by atoms with van der Waals surface area (Å²) in [5.41, 5.74) is 3.50. The maximum absolute atomic E-state index is 12.4. The molecule has 0 aliphatic carbocycles. The van der Waals surface area contributed by atoms with Gasteiger partial charge in [-0.05, 0) is 54.8 Å². The number of amidine groups is 1. The van der Waals surface area contributed by atoms with Crippen molar-refractivity contribution in [1.29, 1.82) is 0 Å². The highest BCUT2D eigenvalue weighted by Crippen LogP contribution is 2.26. The van der Waals surface area contributed by atoms with Gasteiger partial charge in [0.2, 0.25) is 11.8 Å². The molecule has 0 aromatic heterocycles. The van der Waals surface area contributed by atoms with Crippen LogP contribution in [-0.2, 0) is 9.59 Å². The molecule has 156 valence electrons. The lowest BCUT2D eigenvalue weighted by molar-refractivity contribution is -0.122. The number of carbonyl (C=O) groups is 2. The highest BCUT2D eigenvalue weighted by Gasteiger charge is 2.32. The molecule has 1 aliphatic heterocycles. The lowest BCUT2D eigenvalue weighted by Gasteiger charge is -2.11. The number of rotatable bonds is 6. The third-order valence-electron chi connectivity index (χ3n) is 4.59. The van der Waals surface area contributed by atoms with Crippen LogP contribution in [0.1, 0.15) is 23.1 Å². The minimum Gasteiger partial charge on any atom is -0.504 e. The molecule has 0 spiro atoms. The molecule has 0 radical (unpaired) electrons. The van der Waals surface area contributed by atoms with Crippen LogP contribution in [0.2, 0.25) is 0 Å². The summed E-state index contributed by atoms with van der Waals surface area (Å²) in [5, 5.41) is 22.8. The quantitative estimate of drug-likeness (QED) is 0.486. The maximum atomic E-state index is 12.4. The second-order valence-corrected chi connectivity index (χ2v) is 7.87. The Morgan fingerprint density at radius 2 is 2.13 bits per heavy atom. The van der Waals surface area contributed by atoms with Crippen LogP contribution in [0.25, 0.3) is 0 Å². The van der Waals surface area contributed by atoms with Crippen LogP contribution in [0.15, 0.2) is 46.6 Å². The first-order valence-electron chi connectivity index (χ1n) is 9.19. The van der Waals surface area contributed by atoms with Crippen LogP contribution in [0.3, 0.4) is 0 Å². The van der Waals surface area contributed by atoms with Gasteiger partial charge in [-0.25, -0.2) is 0 Å². The molecule has 0 unspecified atom stereocenters. The fourth-order valence-electron chi connectivity index (χ4n) is 2.77. The van der Waals surface area contributed by atoms with E-state index in [4.69, 9.17) is 4.74 Å². The fraction of sp³-hybridized carbons (Fsp3) is 0.238. The van der Waals surface area contributed by atoms with E-state index in [9.17, 15) is 14.7 Å². The molecule has 2 aromatic carbocycles. The number of phenols is 1. The van der Waals surface area contributed by atoms with E-state index in [1.165, 1.54) is 19.4 Å². The molecule has 0 bridgehead atoms. The van der Waals surface area contributed by atoms with Gasteiger partial charge >= 0.3 is 0 Å². The van der Waals surface area contributed by atoms with E-state index in [0.29, 0.717) is 16.5 Å². The highest BCUT2D eigenvalue weighted by atomic mass is 32.2. The second kappa shape index (κ2) is 9.45. The van der Waals surface area contributed by atoms with Crippen LogP contribution in [0.5, 0.6) is 11.5 Å². The lowest BCUT2D eigenvalue weighted by Crippen LogP contribution is -2.28. The lowest BCUT2D eigenvalue weighted by atomic mass is 10.1. The van der Waals surface area contributed by atoms with Gasteiger partial charge in [-0.1, -0.05) is 23.9 Å². The van der Waals surface area contributed by atoms with Crippen molar-refractivity contribution in [2.24, 2.45) is 10.2 Å². The van der Waals surface area contributed by atoms with E-state index in [-0.39, 0.29) is 24.0 Å². The normalized spacial score (nSPS) is 17.4. The van der Waals surface area contributed by atoms with Crippen LogP contribution in [0.4, 0.5) is 5.69 Å². The number of nitrogens with zero attached hydrogens (tertiary/aromatic N) is 2. The van der Waals surface area contributed by atoms with E-state index in [2.05, 4.69) is 20.8 Å². The van der Waals surface area contributed by atoms with Gasteiger partial charge < -0.3 is 20.5 Å². The first kappa shape index (κ1) is 21.4. The Morgan fingerprint density at radius 1 is 1.33 bits per heavy atom. The number of aryl methyl sites for hydroxylation is 1. The van der Waals surface area contributed by atoms with Crippen molar-refractivity contribution in [2.75, 3.05) is 12.4 Å². The fourth-order valence-corrected chi connectivity index (χ4v) is 3.69. The number of hydrogen-bond donors (Lipinski definition) is 3.